The summed E-state index contributed by atoms with van der Waals surface area (Å²) in [4.78, 5) is 15.0. The standard InChI is InChI=1S/C20H20BrN3O2/c1-23-19-10-4-8-16(19)18(22-23)13-24(12-14-6-5-11-26-14)20(25)15-7-2-3-9-17(15)21/h2-3,5-7,9,11H,4,8,10,12-13H2,1H3. The van der Waals surface area contributed by atoms with E-state index < -0.39 is 0 Å². The van der Waals surface area contributed by atoms with Crippen LogP contribution in [0.3, 0.4) is 0 Å². The fourth-order valence-corrected chi connectivity index (χ4v) is 4.05. The van der Waals surface area contributed by atoms with Gasteiger partial charge >= 0.3 is 0 Å². The highest BCUT2D eigenvalue weighted by atomic mass is 79.9. The van der Waals surface area contributed by atoms with Crippen molar-refractivity contribution in [2.24, 2.45) is 7.05 Å². The second kappa shape index (κ2) is 7.11. The van der Waals surface area contributed by atoms with E-state index in [-0.39, 0.29) is 5.91 Å². The minimum atomic E-state index is -0.0359. The molecular formula is C20H20BrN3O2. The van der Waals surface area contributed by atoms with E-state index in [9.17, 15) is 4.79 Å². The quantitative estimate of drug-likeness (QED) is 0.632. The Morgan fingerprint density at radius 2 is 2.08 bits per heavy atom. The lowest BCUT2D eigenvalue weighted by Gasteiger charge is -2.22. The molecule has 6 heteroatoms. The Kier molecular flexibility index (Phi) is 4.68. The van der Waals surface area contributed by atoms with Crippen molar-refractivity contribution in [2.75, 3.05) is 0 Å². The first-order valence-corrected chi connectivity index (χ1v) is 9.52. The zero-order valence-corrected chi connectivity index (χ0v) is 16.2. The summed E-state index contributed by atoms with van der Waals surface area (Å²) in [7, 11) is 1.99. The van der Waals surface area contributed by atoms with Crippen LogP contribution in [0.25, 0.3) is 0 Å². The van der Waals surface area contributed by atoms with E-state index in [4.69, 9.17) is 4.42 Å². The second-order valence-corrected chi connectivity index (χ2v) is 7.42. The Bertz CT molecular complexity index is 931. The number of hydrogen-bond donors (Lipinski definition) is 0. The number of carbonyl (C=O) groups is 1. The number of amides is 1. The summed E-state index contributed by atoms with van der Waals surface area (Å²) in [5.74, 6) is 0.726. The van der Waals surface area contributed by atoms with Crippen molar-refractivity contribution in [3.8, 4) is 0 Å². The zero-order valence-electron chi connectivity index (χ0n) is 14.6. The Morgan fingerprint density at radius 3 is 2.85 bits per heavy atom. The van der Waals surface area contributed by atoms with Crippen molar-refractivity contribution in [2.45, 2.75) is 32.4 Å². The van der Waals surface area contributed by atoms with Crippen LogP contribution < -0.4 is 0 Å². The lowest BCUT2D eigenvalue weighted by Crippen LogP contribution is -2.30. The van der Waals surface area contributed by atoms with Crippen molar-refractivity contribution in [1.82, 2.24) is 14.7 Å². The van der Waals surface area contributed by atoms with Gasteiger partial charge < -0.3 is 9.32 Å². The van der Waals surface area contributed by atoms with E-state index >= 15 is 0 Å². The third-order valence-electron chi connectivity index (χ3n) is 4.86. The molecule has 0 bridgehead atoms. The average Bonchev–Trinajstić information content (AvgIpc) is 3.35. The number of aryl methyl sites for hydroxylation is 1. The number of halogens is 1. The molecule has 0 radical (unpaired) electrons. The smallest absolute Gasteiger partial charge is 0.255 e. The molecule has 0 unspecified atom stereocenters. The number of nitrogens with zero attached hydrogens (tertiary/aromatic N) is 3. The van der Waals surface area contributed by atoms with Crippen molar-refractivity contribution in [3.63, 3.8) is 0 Å². The molecule has 26 heavy (non-hydrogen) atoms. The predicted octanol–water partition coefficient (Wildman–Crippen LogP) is 4.11. The van der Waals surface area contributed by atoms with Crippen molar-refractivity contribution in [1.29, 1.82) is 0 Å². The molecule has 134 valence electrons. The van der Waals surface area contributed by atoms with Crippen molar-refractivity contribution < 1.29 is 9.21 Å². The van der Waals surface area contributed by atoms with Gasteiger partial charge in [0.2, 0.25) is 0 Å². The molecule has 3 aromatic rings. The van der Waals surface area contributed by atoms with Gasteiger partial charge in [-0.2, -0.15) is 5.10 Å². The molecule has 0 aliphatic heterocycles. The molecule has 0 N–H and O–H groups in total. The van der Waals surface area contributed by atoms with Gasteiger partial charge in [-0.05, 0) is 65.0 Å². The van der Waals surface area contributed by atoms with E-state index in [2.05, 4.69) is 21.0 Å². The molecule has 2 aromatic heterocycles. The molecule has 0 spiro atoms. The predicted molar refractivity (Wildman–Crippen MR) is 102 cm³/mol. The van der Waals surface area contributed by atoms with Crippen molar-refractivity contribution in [3.05, 3.63) is 75.4 Å². The maximum Gasteiger partial charge on any atom is 0.255 e. The average molecular weight is 414 g/mol. The molecule has 0 saturated heterocycles. The molecule has 0 saturated carbocycles. The maximum atomic E-state index is 13.2. The second-order valence-electron chi connectivity index (χ2n) is 6.57. The van der Waals surface area contributed by atoms with E-state index in [0.29, 0.717) is 18.7 Å². The molecule has 4 rings (SSSR count). The number of furan rings is 1. The Balaban J connectivity index is 1.66. The van der Waals surface area contributed by atoms with Crippen LogP contribution in [0.1, 0.15) is 39.5 Å². The molecule has 1 aliphatic carbocycles. The lowest BCUT2D eigenvalue weighted by atomic mass is 10.1. The first kappa shape index (κ1) is 17.1. The summed E-state index contributed by atoms with van der Waals surface area (Å²) >= 11 is 3.49. The zero-order chi connectivity index (χ0) is 18.1. The summed E-state index contributed by atoms with van der Waals surface area (Å²) < 4.78 is 8.24. The van der Waals surface area contributed by atoms with Gasteiger partial charge in [0, 0.05) is 17.2 Å². The first-order valence-electron chi connectivity index (χ1n) is 8.73. The molecule has 1 aromatic carbocycles. The van der Waals surface area contributed by atoms with Gasteiger partial charge in [-0.15, -0.1) is 0 Å². The van der Waals surface area contributed by atoms with Crippen LogP contribution in [-0.2, 0) is 33.0 Å². The largest absolute Gasteiger partial charge is 0.467 e. The molecule has 0 atom stereocenters. The van der Waals surface area contributed by atoms with Crippen LogP contribution in [-0.4, -0.2) is 20.6 Å². The van der Waals surface area contributed by atoms with E-state index in [1.165, 1.54) is 11.3 Å². The minimum absolute atomic E-state index is 0.0359. The molecule has 5 nitrogen and oxygen atoms in total. The van der Waals surface area contributed by atoms with Gasteiger partial charge in [0.15, 0.2) is 0 Å². The van der Waals surface area contributed by atoms with E-state index in [0.717, 1.165) is 35.2 Å². The van der Waals surface area contributed by atoms with Crippen LogP contribution in [0.2, 0.25) is 0 Å². The molecule has 1 amide bonds. The maximum absolute atomic E-state index is 13.2. The number of rotatable bonds is 5. The third-order valence-corrected chi connectivity index (χ3v) is 5.55. The number of benzene rings is 1. The number of fused-ring (bicyclic) bond motifs is 1. The first-order chi connectivity index (χ1) is 12.6. The van der Waals surface area contributed by atoms with Crippen LogP contribution in [0.4, 0.5) is 0 Å². The molecule has 0 fully saturated rings. The van der Waals surface area contributed by atoms with Gasteiger partial charge in [-0.1, -0.05) is 12.1 Å². The van der Waals surface area contributed by atoms with Crippen LogP contribution >= 0.6 is 15.9 Å². The van der Waals surface area contributed by atoms with Crippen LogP contribution in [0.5, 0.6) is 0 Å². The van der Waals surface area contributed by atoms with E-state index in [1.807, 2.05) is 48.1 Å². The number of hydrogen-bond acceptors (Lipinski definition) is 3. The Hall–Kier alpha value is -2.34. The lowest BCUT2D eigenvalue weighted by molar-refractivity contribution is 0.0714. The van der Waals surface area contributed by atoms with Crippen LogP contribution in [0.15, 0.2) is 51.6 Å². The SMILES string of the molecule is Cn1nc(CN(Cc2ccco2)C(=O)c2ccccc2Br)c2c1CCC2. The normalized spacial score (nSPS) is 13.0. The Labute approximate surface area is 160 Å². The topological polar surface area (TPSA) is 51.3 Å². The number of carbonyl (C=O) groups excluding carboxylic acids is 1. The summed E-state index contributed by atoms with van der Waals surface area (Å²) in [6.07, 6.45) is 4.89. The minimum Gasteiger partial charge on any atom is -0.467 e. The highest BCUT2D eigenvalue weighted by molar-refractivity contribution is 9.10. The van der Waals surface area contributed by atoms with Gasteiger partial charge in [0.05, 0.1) is 30.6 Å². The van der Waals surface area contributed by atoms with Gasteiger partial charge in [0.25, 0.3) is 5.91 Å². The Morgan fingerprint density at radius 1 is 1.23 bits per heavy atom. The highest BCUT2D eigenvalue weighted by Crippen LogP contribution is 2.27. The number of aromatic nitrogens is 2. The van der Waals surface area contributed by atoms with Gasteiger partial charge in [0.1, 0.15) is 5.76 Å². The highest BCUT2D eigenvalue weighted by Gasteiger charge is 2.25. The summed E-state index contributed by atoms with van der Waals surface area (Å²) in [6, 6.07) is 11.2. The summed E-state index contributed by atoms with van der Waals surface area (Å²) in [6.45, 7) is 0.891. The van der Waals surface area contributed by atoms with Gasteiger partial charge in [-0.25, -0.2) is 0 Å². The monoisotopic (exact) mass is 413 g/mol. The van der Waals surface area contributed by atoms with E-state index in [1.54, 1.807) is 11.2 Å². The fraction of sp³-hybridized carbons (Fsp3) is 0.300. The third kappa shape index (κ3) is 3.21. The van der Waals surface area contributed by atoms with Gasteiger partial charge in [-0.3, -0.25) is 9.48 Å². The molecular weight excluding hydrogens is 394 g/mol. The summed E-state index contributed by atoms with van der Waals surface area (Å²) in [5, 5.41) is 4.68. The van der Waals surface area contributed by atoms with Crippen molar-refractivity contribution >= 4 is 21.8 Å². The molecule has 1 aliphatic rings. The molecule has 2 heterocycles. The summed E-state index contributed by atoms with van der Waals surface area (Å²) in [5.41, 5.74) is 4.24. The van der Waals surface area contributed by atoms with Crippen LogP contribution in [0, 0.1) is 0 Å². The fourth-order valence-electron chi connectivity index (χ4n) is 3.60.